The second-order valence-electron chi connectivity index (χ2n) is 8.12. The van der Waals surface area contributed by atoms with Crippen LogP contribution in [0.25, 0.3) is 0 Å². The van der Waals surface area contributed by atoms with Crippen LogP contribution in [-0.2, 0) is 26.2 Å². The number of benzene rings is 3. The molecule has 0 aliphatic rings. The number of aryl methyl sites for hydroxylation is 1. The Hall–Kier alpha value is -3.24. The molecule has 158 valence electrons. The molecule has 3 aromatic carbocycles. The van der Waals surface area contributed by atoms with Gasteiger partial charge in [0.25, 0.3) is 0 Å². The molecule has 0 spiro atoms. The van der Waals surface area contributed by atoms with Gasteiger partial charge in [-0.3, -0.25) is 0 Å². The molecule has 0 fully saturated rings. The largest absolute Gasteiger partial charge is 0.342 e. The zero-order valence-corrected chi connectivity index (χ0v) is 17.7. The van der Waals surface area contributed by atoms with Gasteiger partial charge in [-0.15, -0.1) is 0 Å². The molecule has 1 unspecified atom stereocenters. The minimum absolute atomic E-state index is 0.359. The SMILES string of the molecule is Cc1cccc(Cn2cccc2C[NH+](Cc2ccccc2)Cc2cc(F)ccc2F)c1. The van der Waals surface area contributed by atoms with Gasteiger partial charge in [-0.25, -0.2) is 8.78 Å². The van der Waals surface area contributed by atoms with Gasteiger partial charge in [-0.2, -0.15) is 0 Å². The highest BCUT2D eigenvalue weighted by Crippen LogP contribution is 2.11. The van der Waals surface area contributed by atoms with Crippen molar-refractivity contribution in [3.63, 3.8) is 0 Å². The van der Waals surface area contributed by atoms with E-state index in [9.17, 15) is 8.78 Å². The molecule has 31 heavy (non-hydrogen) atoms. The maximum Gasteiger partial charge on any atom is 0.132 e. The molecule has 0 amide bonds. The average Bonchev–Trinajstić information content (AvgIpc) is 3.18. The van der Waals surface area contributed by atoms with E-state index < -0.39 is 5.82 Å². The number of hydrogen-bond acceptors (Lipinski definition) is 0. The van der Waals surface area contributed by atoms with Gasteiger partial charge < -0.3 is 9.47 Å². The van der Waals surface area contributed by atoms with Crippen molar-refractivity contribution in [3.8, 4) is 0 Å². The summed E-state index contributed by atoms with van der Waals surface area (Å²) in [6.07, 6.45) is 2.08. The lowest BCUT2D eigenvalue weighted by Crippen LogP contribution is -3.08. The molecule has 0 saturated carbocycles. The normalized spacial score (nSPS) is 12.1. The third-order valence-electron chi connectivity index (χ3n) is 5.54. The Bertz CT molecular complexity index is 1130. The van der Waals surface area contributed by atoms with Gasteiger partial charge in [0.05, 0.1) is 5.69 Å². The van der Waals surface area contributed by atoms with Crippen LogP contribution in [0.4, 0.5) is 8.78 Å². The molecule has 4 aromatic rings. The lowest BCUT2D eigenvalue weighted by molar-refractivity contribution is -0.941. The predicted molar refractivity (Wildman–Crippen MR) is 120 cm³/mol. The highest BCUT2D eigenvalue weighted by atomic mass is 19.1. The molecule has 1 N–H and O–H groups in total. The third kappa shape index (κ3) is 5.68. The number of aromatic nitrogens is 1. The van der Waals surface area contributed by atoms with Crippen LogP contribution in [0.2, 0.25) is 0 Å². The Morgan fingerprint density at radius 3 is 2.35 bits per heavy atom. The number of quaternary nitrogens is 1. The van der Waals surface area contributed by atoms with Crippen LogP contribution in [0.5, 0.6) is 0 Å². The maximum absolute atomic E-state index is 14.4. The van der Waals surface area contributed by atoms with Gasteiger partial charge in [0, 0.05) is 23.9 Å². The second kappa shape index (κ2) is 9.71. The predicted octanol–water partition coefficient (Wildman–Crippen LogP) is 4.91. The first-order valence-corrected chi connectivity index (χ1v) is 10.6. The summed E-state index contributed by atoms with van der Waals surface area (Å²) in [4.78, 5) is 1.15. The first-order chi connectivity index (χ1) is 15.1. The van der Waals surface area contributed by atoms with Gasteiger partial charge in [0.15, 0.2) is 0 Å². The molecular weight excluding hydrogens is 390 g/mol. The van der Waals surface area contributed by atoms with Crippen LogP contribution in [0.3, 0.4) is 0 Å². The maximum atomic E-state index is 14.4. The minimum atomic E-state index is -0.404. The van der Waals surface area contributed by atoms with Gasteiger partial charge in [0.1, 0.15) is 31.3 Å². The smallest absolute Gasteiger partial charge is 0.132 e. The van der Waals surface area contributed by atoms with E-state index in [1.807, 2.05) is 24.3 Å². The van der Waals surface area contributed by atoms with Crippen molar-refractivity contribution >= 4 is 0 Å². The van der Waals surface area contributed by atoms with Crippen molar-refractivity contribution in [2.24, 2.45) is 0 Å². The van der Waals surface area contributed by atoms with Crippen molar-refractivity contribution in [2.45, 2.75) is 33.1 Å². The molecule has 1 atom stereocenters. The Morgan fingerprint density at radius 2 is 1.55 bits per heavy atom. The van der Waals surface area contributed by atoms with Crippen molar-refractivity contribution < 1.29 is 13.7 Å². The first kappa shape index (κ1) is 21.0. The van der Waals surface area contributed by atoms with Crippen LogP contribution in [-0.4, -0.2) is 4.57 Å². The molecule has 0 radical (unpaired) electrons. The monoisotopic (exact) mass is 417 g/mol. The van der Waals surface area contributed by atoms with Gasteiger partial charge in [-0.05, 0) is 42.8 Å². The zero-order chi connectivity index (χ0) is 21.6. The highest BCUT2D eigenvalue weighted by Gasteiger charge is 2.17. The van der Waals surface area contributed by atoms with Gasteiger partial charge in [-0.1, -0.05) is 60.2 Å². The van der Waals surface area contributed by atoms with Crippen molar-refractivity contribution in [1.29, 1.82) is 0 Å². The summed E-state index contributed by atoms with van der Waals surface area (Å²) in [6.45, 7) is 4.74. The quantitative estimate of drug-likeness (QED) is 0.417. The van der Waals surface area contributed by atoms with Gasteiger partial charge >= 0.3 is 0 Å². The van der Waals surface area contributed by atoms with E-state index in [0.717, 1.165) is 18.0 Å². The minimum Gasteiger partial charge on any atom is -0.342 e. The first-order valence-electron chi connectivity index (χ1n) is 10.6. The van der Waals surface area contributed by atoms with E-state index >= 15 is 0 Å². The Kier molecular flexibility index (Phi) is 6.58. The molecule has 4 heteroatoms. The summed E-state index contributed by atoms with van der Waals surface area (Å²) in [5.74, 6) is -0.764. The van der Waals surface area contributed by atoms with Crippen molar-refractivity contribution in [1.82, 2.24) is 4.57 Å². The standard InChI is InChI=1S/C27H26F2N2/c1-21-7-5-10-23(15-21)18-31-14-6-11-26(31)20-30(17-22-8-3-2-4-9-22)19-24-16-25(28)12-13-27(24)29/h2-16H,17-20H2,1H3/p+1. The fourth-order valence-corrected chi connectivity index (χ4v) is 4.05. The summed E-state index contributed by atoms with van der Waals surface area (Å²) in [5.41, 5.74) is 5.24. The second-order valence-corrected chi connectivity index (χ2v) is 8.12. The summed E-state index contributed by atoms with van der Waals surface area (Å²) >= 11 is 0. The van der Waals surface area contributed by atoms with Crippen LogP contribution in [0.15, 0.2) is 91.1 Å². The highest BCUT2D eigenvalue weighted by molar-refractivity contribution is 5.23. The molecule has 1 aromatic heterocycles. The number of nitrogens with zero attached hydrogens (tertiary/aromatic N) is 1. The molecule has 2 nitrogen and oxygen atoms in total. The molecule has 0 saturated heterocycles. The Balaban J connectivity index is 1.57. The van der Waals surface area contributed by atoms with Crippen LogP contribution < -0.4 is 4.90 Å². The molecule has 0 aliphatic heterocycles. The van der Waals surface area contributed by atoms with E-state index in [4.69, 9.17) is 0 Å². The number of hydrogen-bond donors (Lipinski definition) is 1. The lowest BCUT2D eigenvalue weighted by atomic mass is 10.1. The van der Waals surface area contributed by atoms with E-state index in [1.165, 1.54) is 40.6 Å². The number of halogens is 2. The van der Waals surface area contributed by atoms with Crippen molar-refractivity contribution in [3.05, 3.63) is 131 Å². The summed E-state index contributed by atoms with van der Waals surface area (Å²) in [7, 11) is 0. The van der Waals surface area contributed by atoms with E-state index in [-0.39, 0.29) is 5.82 Å². The Labute approximate surface area is 182 Å². The fraction of sp³-hybridized carbons (Fsp3) is 0.185. The Morgan fingerprint density at radius 1 is 0.742 bits per heavy atom. The van der Waals surface area contributed by atoms with E-state index in [2.05, 4.69) is 60.2 Å². The van der Waals surface area contributed by atoms with E-state index in [1.54, 1.807) is 0 Å². The summed E-state index contributed by atoms with van der Waals surface area (Å²) in [5, 5.41) is 0. The number of nitrogens with one attached hydrogen (secondary N) is 1. The zero-order valence-electron chi connectivity index (χ0n) is 17.7. The van der Waals surface area contributed by atoms with Crippen molar-refractivity contribution in [2.75, 3.05) is 0 Å². The fourth-order valence-electron chi connectivity index (χ4n) is 4.05. The molecule has 0 bridgehead atoms. The third-order valence-corrected chi connectivity index (χ3v) is 5.54. The molecule has 0 aliphatic carbocycles. The summed E-state index contributed by atoms with van der Waals surface area (Å²) < 4.78 is 30.4. The van der Waals surface area contributed by atoms with E-state index in [0.29, 0.717) is 18.7 Å². The van der Waals surface area contributed by atoms with Crippen LogP contribution >= 0.6 is 0 Å². The molecule has 4 rings (SSSR count). The average molecular weight is 418 g/mol. The molecular formula is C27H27F2N2+. The van der Waals surface area contributed by atoms with Crippen LogP contribution in [0.1, 0.15) is 27.9 Å². The van der Waals surface area contributed by atoms with Crippen LogP contribution in [0, 0.1) is 18.6 Å². The van der Waals surface area contributed by atoms with Gasteiger partial charge in [0.2, 0.25) is 0 Å². The number of rotatable bonds is 8. The topological polar surface area (TPSA) is 9.37 Å². The summed E-state index contributed by atoms with van der Waals surface area (Å²) in [6, 6.07) is 26.5. The lowest BCUT2D eigenvalue weighted by Gasteiger charge is -2.21. The molecule has 1 heterocycles.